The molecule has 0 aromatic heterocycles. The summed E-state index contributed by atoms with van der Waals surface area (Å²) in [6.07, 6.45) is 0. The number of anilines is 1. The van der Waals surface area contributed by atoms with Crippen molar-refractivity contribution in [3.63, 3.8) is 0 Å². The summed E-state index contributed by atoms with van der Waals surface area (Å²) in [4.78, 5) is 27.4. The highest BCUT2D eigenvalue weighted by Gasteiger charge is 2.50. The molecule has 0 N–H and O–H groups in total. The monoisotopic (exact) mass is 434 g/mol. The molecule has 2 aromatic carbocycles. The zero-order valence-corrected chi connectivity index (χ0v) is 18.1. The van der Waals surface area contributed by atoms with Crippen LogP contribution in [0.25, 0.3) is 0 Å². The van der Waals surface area contributed by atoms with E-state index in [1.807, 2.05) is 37.3 Å². The third-order valence-corrected chi connectivity index (χ3v) is 7.21. The van der Waals surface area contributed by atoms with Gasteiger partial charge in [0.25, 0.3) is 5.91 Å². The van der Waals surface area contributed by atoms with E-state index in [-0.39, 0.29) is 27.9 Å². The largest absolute Gasteiger partial charge is 0.335 e. The molecule has 0 unspecified atom stereocenters. The maximum atomic E-state index is 13.1. The summed E-state index contributed by atoms with van der Waals surface area (Å²) in [5, 5.41) is 0.0993. The highest BCUT2D eigenvalue weighted by molar-refractivity contribution is 7.94. The molecule has 0 aliphatic carbocycles. The van der Waals surface area contributed by atoms with Crippen molar-refractivity contribution < 1.29 is 18.0 Å². The van der Waals surface area contributed by atoms with Crippen LogP contribution < -0.4 is 4.31 Å². The Labute approximate surface area is 176 Å². The zero-order valence-electron chi connectivity index (χ0n) is 16.6. The molecule has 0 bridgehead atoms. The number of sulfonamides is 1. The Bertz CT molecular complexity index is 1050. The number of nitrogens with zero attached hydrogens (tertiary/aromatic N) is 2. The predicted octanol–water partition coefficient (Wildman–Crippen LogP) is 3.70. The lowest BCUT2D eigenvalue weighted by atomic mass is 9.95. The summed E-state index contributed by atoms with van der Waals surface area (Å²) >= 11 is 6.23. The maximum absolute atomic E-state index is 13.1. The van der Waals surface area contributed by atoms with Crippen molar-refractivity contribution in [3.05, 3.63) is 64.7 Å². The minimum atomic E-state index is -3.86. The van der Waals surface area contributed by atoms with Gasteiger partial charge in [-0.1, -0.05) is 41.9 Å². The van der Waals surface area contributed by atoms with Gasteiger partial charge in [-0.2, -0.15) is 0 Å². The number of amides is 2. The molecule has 3 rings (SSSR count). The van der Waals surface area contributed by atoms with Crippen LogP contribution in [0.3, 0.4) is 0 Å². The third kappa shape index (κ3) is 4.16. The first-order chi connectivity index (χ1) is 13.6. The molecule has 2 amide bonds. The lowest BCUT2D eigenvalue weighted by Crippen LogP contribution is -2.34. The Morgan fingerprint density at radius 2 is 1.83 bits per heavy atom. The van der Waals surface area contributed by atoms with Crippen LogP contribution in [-0.4, -0.2) is 37.4 Å². The molecule has 1 aliphatic rings. The van der Waals surface area contributed by atoms with Crippen molar-refractivity contribution >= 4 is 39.1 Å². The number of carbonyl (C=O) groups excluding carboxylic acids is 2. The van der Waals surface area contributed by atoms with Gasteiger partial charge in [0.15, 0.2) is 0 Å². The first-order valence-electron chi connectivity index (χ1n) is 9.27. The summed E-state index contributed by atoms with van der Waals surface area (Å²) in [7, 11) is -3.86. The van der Waals surface area contributed by atoms with E-state index in [2.05, 4.69) is 0 Å². The topological polar surface area (TPSA) is 74.8 Å². The van der Waals surface area contributed by atoms with Gasteiger partial charge in [-0.3, -0.25) is 9.59 Å². The van der Waals surface area contributed by atoms with E-state index < -0.39 is 21.3 Å². The molecule has 0 spiro atoms. The molecule has 1 saturated heterocycles. The highest BCUT2D eigenvalue weighted by atomic mass is 35.5. The molecule has 0 saturated carbocycles. The van der Waals surface area contributed by atoms with Crippen LogP contribution in [0.5, 0.6) is 0 Å². The van der Waals surface area contributed by atoms with Gasteiger partial charge in [0.2, 0.25) is 15.9 Å². The molecule has 1 aliphatic heterocycles. The van der Waals surface area contributed by atoms with E-state index in [1.165, 1.54) is 12.1 Å². The summed E-state index contributed by atoms with van der Waals surface area (Å²) in [5.74, 6) is -1.12. The molecule has 0 radical (unpaired) electrons. The number of hydrogen-bond acceptors (Lipinski definition) is 4. The van der Waals surface area contributed by atoms with Crippen LogP contribution >= 0.6 is 11.6 Å². The van der Waals surface area contributed by atoms with Gasteiger partial charge in [0.05, 0.1) is 21.9 Å². The smallest absolute Gasteiger partial charge is 0.254 e. The van der Waals surface area contributed by atoms with E-state index >= 15 is 0 Å². The van der Waals surface area contributed by atoms with E-state index in [0.717, 1.165) is 9.87 Å². The molecule has 0 atom stereocenters. The number of benzene rings is 2. The van der Waals surface area contributed by atoms with E-state index in [1.54, 1.807) is 24.8 Å². The van der Waals surface area contributed by atoms with Gasteiger partial charge in [-0.05, 0) is 44.5 Å². The van der Waals surface area contributed by atoms with E-state index in [9.17, 15) is 18.0 Å². The number of halogens is 1. The summed E-state index contributed by atoms with van der Waals surface area (Å²) in [6, 6.07) is 14.0. The fourth-order valence-electron chi connectivity index (χ4n) is 3.36. The normalized spacial score (nSPS) is 17.4. The predicted molar refractivity (Wildman–Crippen MR) is 113 cm³/mol. The van der Waals surface area contributed by atoms with Gasteiger partial charge in [-0.25, -0.2) is 12.7 Å². The molecule has 2 aromatic rings. The van der Waals surface area contributed by atoms with Gasteiger partial charge in [-0.15, -0.1) is 0 Å². The second kappa shape index (κ2) is 7.80. The van der Waals surface area contributed by atoms with Gasteiger partial charge in [0, 0.05) is 18.7 Å². The van der Waals surface area contributed by atoms with E-state index in [4.69, 9.17) is 11.6 Å². The SMILES string of the molecule is CCN(Cc1ccccc1)C(=O)c1ccc(Cl)c(N2C(=O)C(C)(C)CS2(=O)=O)c1. The third-order valence-electron chi connectivity index (χ3n) is 4.88. The quantitative estimate of drug-likeness (QED) is 0.719. The molecular formula is C21H23ClN2O4S. The fraction of sp³-hybridized carbons (Fsp3) is 0.333. The van der Waals surface area contributed by atoms with Crippen LogP contribution in [0.15, 0.2) is 48.5 Å². The lowest BCUT2D eigenvalue weighted by Gasteiger charge is -2.23. The lowest BCUT2D eigenvalue weighted by molar-refractivity contribution is -0.123. The van der Waals surface area contributed by atoms with Crippen LogP contribution in [0.1, 0.15) is 36.7 Å². The number of carbonyl (C=O) groups is 2. The second-order valence-corrected chi connectivity index (χ2v) is 9.91. The molecule has 154 valence electrons. The highest BCUT2D eigenvalue weighted by Crippen LogP contribution is 2.39. The molecular weight excluding hydrogens is 412 g/mol. The molecule has 29 heavy (non-hydrogen) atoms. The van der Waals surface area contributed by atoms with E-state index in [0.29, 0.717) is 13.1 Å². The number of rotatable bonds is 5. The van der Waals surface area contributed by atoms with Gasteiger partial charge >= 0.3 is 0 Å². The van der Waals surface area contributed by atoms with Crippen molar-refractivity contribution in [3.8, 4) is 0 Å². The van der Waals surface area contributed by atoms with Gasteiger partial charge in [0.1, 0.15) is 0 Å². The Hall–Kier alpha value is -2.38. The maximum Gasteiger partial charge on any atom is 0.254 e. The van der Waals surface area contributed by atoms with Crippen molar-refractivity contribution in [1.82, 2.24) is 4.90 Å². The fourth-order valence-corrected chi connectivity index (χ4v) is 5.72. The Morgan fingerprint density at radius 3 is 2.38 bits per heavy atom. The van der Waals surface area contributed by atoms with Crippen LogP contribution in [0, 0.1) is 5.41 Å². The summed E-state index contributed by atoms with van der Waals surface area (Å²) in [6.45, 7) is 5.92. The molecule has 1 fully saturated rings. The second-order valence-electron chi connectivity index (χ2n) is 7.68. The first kappa shape index (κ1) is 21.3. The average molecular weight is 435 g/mol. The zero-order chi connectivity index (χ0) is 21.4. The Kier molecular flexibility index (Phi) is 5.74. The number of hydrogen-bond donors (Lipinski definition) is 0. The standard InChI is InChI=1S/C21H23ClN2O4S/c1-4-23(13-15-8-6-5-7-9-15)19(25)16-10-11-17(22)18(12-16)24-20(26)21(2,3)14-29(24,27)28/h5-12H,4,13-14H2,1-3H3. The minimum absolute atomic E-state index is 0.0175. The van der Waals surface area contributed by atoms with Crippen molar-refractivity contribution in [1.29, 1.82) is 0 Å². The van der Waals surface area contributed by atoms with Crippen LogP contribution in [0.2, 0.25) is 5.02 Å². The Balaban J connectivity index is 1.96. The van der Waals surface area contributed by atoms with Crippen LogP contribution in [0.4, 0.5) is 5.69 Å². The van der Waals surface area contributed by atoms with Crippen molar-refractivity contribution in [2.24, 2.45) is 5.41 Å². The van der Waals surface area contributed by atoms with Gasteiger partial charge < -0.3 is 4.90 Å². The van der Waals surface area contributed by atoms with Crippen molar-refractivity contribution in [2.45, 2.75) is 27.3 Å². The Morgan fingerprint density at radius 1 is 1.17 bits per heavy atom. The molecule has 8 heteroatoms. The van der Waals surface area contributed by atoms with Crippen molar-refractivity contribution in [2.75, 3.05) is 16.6 Å². The minimum Gasteiger partial charge on any atom is -0.335 e. The first-order valence-corrected chi connectivity index (χ1v) is 11.3. The summed E-state index contributed by atoms with van der Waals surface area (Å²) in [5.41, 5.74) is 0.222. The molecule has 6 nitrogen and oxygen atoms in total. The van der Waals surface area contributed by atoms with Crippen LogP contribution in [-0.2, 0) is 21.4 Å². The average Bonchev–Trinajstić information content (AvgIpc) is 2.83. The summed E-state index contributed by atoms with van der Waals surface area (Å²) < 4.78 is 25.9. The molecule has 1 heterocycles.